The van der Waals surface area contributed by atoms with E-state index in [9.17, 15) is 29.4 Å². The Balaban J connectivity index is 1.99. The molecule has 0 saturated carbocycles. The summed E-state index contributed by atoms with van der Waals surface area (Å²) >= 11 is 0. The average molecular weight is 526 g/mol. The van der Waals surface area contributed by atoms with E-state index < -0.39 is 53.8 Å². The van der Waals surface area contributed by atoms with E-state index in [2.05, 4.69) is 25.9 Å². The van der Waals surface area contributed by atoms with E-state index in [4.69, 9.17) is 0 Å². The number of aromatic hydroxyl groups is 1. The summed E-state index contributed by atoms with van der Waals surface area (Å²) in [6.45, 7) is 6.76. The number of Topliss-reactive ketones (excluding diaryl/α,β-unsaturated/α-hetero) is 1. The summed E-state index contributed by atoms with van der Waals surface area (Å²) in [4.78, 5) is 60.8. The second-order valence-corrected chi connectivity index (χ2v) is 10.2. The van der Waals surface area contributed by atoms with E-state index in [1.54, 1.807) is 45.3 Å². The molecular formula is C27H35N5O6. The summed E-state index contributed by atoms with van der Waals surface area (Å²) in [6.07, 6.45) is 3.27. The average Bonchev–Trinajstić information content (AvgIpc) is 2.88. The van der Waals surface area contributed by atoms with Crippen LogP contribution >= 0.6 is 0 Å². The summed E-state index contributed by atoms with van der Waals surface area (Å²) < 4.78 is 0. The topological polar surface area (TPSA) is 171 Å². The molecule has 6 atom stereocenters. The minimum absolute atomic E-state index is 0.111. The number of nitrogens with one attached hydrogen (secondary N) is 3. The number of aromatic nitrogens is 2. The zero-order valence-electron chi connectivity index (χ0n) is 21.9. The molecule has 11 heteroatoms. The van der Waals surface area contributed by atoms with Gasteiger partial charge in [0.15, 0.2) is 11.5 Å². The van der Waals surface area contributed by atoms with Gasteiger partial charge in [-0.1, -0.05) is 33.8 Å². The summed E-state index contributed by atoms with van der Waals surface area (Å²) in [6, 6.07) is 3.32. The van der Waals surface area contributed by atoms with Gasteiger partial charge in [0, 0.05) is 25.0 Å². The fraction of sp³-hybridized carbons (Fsp3) is 0.481. The number of carbonyl (C=O) groups excluding carboxylic acids is 4. The van der Waals surface area contributed by atoms with E-state index in [1.807, 2.05) is 0 Å². The van der Waals surface area contributed by atoms with Crippen LogP contribution in [0.5, 0.6) is 5.75 Å². The molecule has 1 fully saturated rings. The third-order valence-electron chi connectivity index (χ3n) is 6.82. The van der Waals surface area contributed by atoms with Crippen LogP contribution in [0.15, 0.2) is 42.9 Å². The Bertz CT molecular complexity index is 1160. The fourth-order valence-corrected chi connectivity index (χ4v) is 4.52. The molecule has 1 aliphatic rings. The van der Waals surface area contributed by atoms with E-state index in [0.29, 0.717) is 0 Å². The Kier molecular flexibility index (Phi) is 9.51. The molecule has 204 valence electrons. The van der Waals surface area contributed by atoms with Gasteiger partial charge in [-0.15, -0.1) is 0 Å². The standard InChI is InChI=1S/C27H35N5O6/c1-14(2)21-20(34)11-15(3)22(32-27(38)23-19(33)8-6-10-29-23)26(37)30-18(12-17-7-5-9-28-13-17)24(35)16(4)25(36)31-21/h5-10,13-16,18,21-22,24,33,35H,11-12H2,1-4H3,(H,30,37)(H,31,36)(H,32,38)/t15-,16+,18-,21?,22-,24-/m0/s1. The highest BCUT2D eigenvalue weighted by atomic mass is 16.3. The van der Waals surface area contributed by atoms with Crippen LogP contribution in [0.2, 0.25) is 0 Å². The van der Waals surface area contributed by atoms with Gasteiger partial charge in [0.05, 0.1) is 24.1 Å². The lowest BCUT2D eigenvalue weighted by Gasteiger charge is -2.34. The number of rotatable bonds is 5. The molecule has 11 nitrogen and oxygen atoms in total. The minimum Gasteiger partial charge on any atom is -0.505 e. The lowest BCUT2D eigenvalue weighted by atomic mass is 9.86. The molecule has 1 unspecified atom stereocenters. The molecular weight excluding hydrogens is 490 g/mol. The van der Waals surface area contributed by atoms with Crippen molar-refractivity contribution in [3.63, 3.8) is 0 Å². The molecule has 0 radical (unpaired) electrons. The van der Waals surface area contributed by atoms with Crippen molar-refractivity contribution in [1.82, 2.24) is 25.9 Å². The van der Waals surface area contributed by atoms with Crippen molar-refractivity contribution in [3.8, 4) is 5.75 Å². The number of aliphatic hydroxyl groups excluding tert-OH is 1. The first-order valence-electron chi connectivity index (χ1n) is 12.6. The number of ketones is 1. The Morgan fingerprint density at radius 2 is 1.82 bits per heavy atom. The van der Waals surface area contributed by atoms with Gasteiger partial charge in [0.25, 0.3) is 5.91 Å². The van der Waals surface area contributed by atoms with E-state index >= 15 is 0 Å². The number of hydrogen-bond donors (Lipinski definition) is 5. The Labute approximate surface area is 221 Å². The van der Waals surface area contributed by atoms with Gasteiger partial charge in [-0.05, 0) is 42.0 Å². The van der Waals surface area contributed by atoms with Crippen molar-refractivity contribution < 1.29 is 29.4 Å². The Morgan fingerprint density at radius 1 is 1.11 bits per heavy atom. The molecule has 1 aliphatic heterocycles. The van der Waals surface area contributed by atoms with E-state index in [-0.39, 0.29) is 36.0 Å². The van der Waals surface area contributed by atoms with Crippen molar-refractivity contribution in [2.24, 2.45) is 17.8 Å². The molecule has 1 saturated heterocycles. The number of nitrogens with zero attached hydrogens (tertiary/aromatic N) is 2. The molecule has 2 aromatic heterocycles. The van der Waals surface area contributed by atoms with Crippen molar-refractivity contribution in [1.29, 1.82) is 0 Å². The quantitative estimate of drug-likeness (QED) is 0.381. The third-order valence-corrected chi connectivity index (χ3v) is 6.82. The molecule has 0 spiro atoms. The molecule has 0 bridgehead atoms. The van der Waals surface area contributed by atoms with Gasteiger partial charge in [-0.2, -0.15) is 0 Å². The lowest BCUT2D eigenvalue weighted by molar-refractivity contribution is -0.136. The van der Waals surface area contributed by atoms with Crippen molar-refractivity contribution in [3.05, 3.63) is 54.1 Å². The SMILES string of the molecule is CC(C)C1NC(=O)[C@H](C)[C@H](O)[C@H](Cc2cccnc2)NC(=O)[C@@H](NC(=O)c2ncccc2O)[C@@H](C)CC1=O. The van der Waals surface area contributed by atoms with Gasteiger partial charge in [0.2, 0.25) is 11.8 Å². The molecule has 3 heterocycles. The van der Waals surface area contributed by atoms with Gasteiger partial charge in [-0.3, -0.25) is 24.2 Å². The molecule has 38 heavy (non-hydrogen) atoms. The Morgan fingerprint density at radius 3 is 2.45 bits per heavy atom. The number of carbonyl (C=O) groups is 4. The molecule has 0 aliphatic carbocycles. The molecule has 0 aromatic carbocycles. The summed E-state index contributed by atoms with van der Waals surface area (Å²) in [5.74, 6) is -4.49. The van der Waals surface area contributed by atoms with Crippen LogP contribution in [0.4, 0.5) is 0 Å². The third kappa shape index (κ3) is 6.91. The van der Waals surface area contributed by atoms with Crippen LogP contribution in [-0.4, -0.2) is 67.9 Å². The number of aliphatic hydroxyl groups is 1. The smallest absolute Gasteiger partial charge is 0.274 e. The molecule has 3 rings (SSSR count). The van der Waals surface area contributed by atoms with Crippen LogP contribution in [0, 0.1) is 17.8 Å². The molecule has 3 amide bonds. The monoisotopic (exact) mass is 525 g/mol. The van der Waals surface area contributed by atoms with Gasteiger partial charge >= 0.3 is 0 Å². The highest BCUT2D eigenvalue weighted by Gasteiger charge is 2.38. The van der Waals surface area contributed by atoms with Crippen LogP contribution in [0.25, 0.3) is 0 Å². The zero-order valence-corrected chi connectivity index (χ0v) is 21.9. The van der Waals surface area contributed by atoms with Gasteiger partial charge in [-0.25, -0.2) is 4.98 Å². The number of pyridine rings is 2. The predicted octanol–water partition coefficient (Wildman–Crippen LogP) is 0.755. The zero-order chi connectivity index (χ0) is 28.0. The maximum atomic E-state index is 13.6. The van der Waals surface area contributed by atoms with Crippen LogP contribution in [0.3, 0.4) is 0 Å². The van der Waals surface area contributed by atoms with E-state index in [1.165, 1.54) is 25.3 Å². The van der Waals surface area contributed by atoms with Crippen molar-refractivity contribution >= 4 is 23.5 Å². The summed E-state index contributed by atoms with van der Waals surface area (Å²) in [7, 11) is 0. The first-order chi connectivity index (χ1) is 18.0. The predicted molar refractivity (Wildman–Crippen MR) is 138 cm³/mol. The van der Waals surface area contributed by atoms with Crippen LogP contribution in [-0.2, 0) is 20.8 Å². The fourth-order valence-electron chi connectivity index (χ4n) is 4.52. The van der Waals surface area contributed by atoms with Crippen LogP contribution in [0.1, 0.15) is 50.2 Å². The first-order valence-corrected chi connectivity index (χ1v) is 12.6. The normalized spacial score (nSPS) is 27.1. The molecule has 5 N–H and O–H groups in total. The van der Waals surface area contributed by atoms with E-state index in [0.717, 1.165) is 5.56 Å². The summed E-state index contributed by atoms with van der Waals surface area (Å²) in [5, 5.41) is 29.4. The maximum Gasteiger partial charge on any atom is 0.274 e. The van der Waals surface area contributed by atoms with Crippen LogP contribution < -0.4 is 16.0 Å². The maximum absolute atomic E-state index is 13.6. The van der Waals surface area contributed by atoms with Crippen molar-refractivity contribution in [2.45, 2.75) is 64.8 Å². The largest absolute Gasteiger partial charge is 0.505 e. The highest BCUT2D eigenvalue weighted by Crippen LogP contribution is 2.20. The second-order valence-electron chi connectivity index (χ2n) is 10.2. The number of hydrogen-bond acceptors (Lipinski definition) is 8. The van der Waals surface area contributed by atoms with Crippen molar-refractivity contribution in [2.75, 3.05) is 0 Å². The van der Waals surface area contributed by atoms with Gasteiger partial charge < -0.3 is 26.2 Å². The minimum atomic E-state index is -1.31. The Hall–Kier alpha value is -3.86. The lowest BCUT2D eigenvalue weighted by Crippen LogP contribution is -2.59. The second kappa shape index (κ2) is 12.6. The molecule has 2 aromatic rings. The number of amides is 3. The first kappa shape index (κ1) is 28.7. The summed E-state index contributed by atoms with van der Waals surface area (Å²) in [5.41, 5.74) is 0.455. The highest BCUT2D eigenvalue weighted by molar-refractivity contribution is 5.98. The van der Waals surface area contributed by atoms with Gasteiger partial charge in [0.1, 0.15) is 11.8 Å².